The summed E-state index contributed by atoms with van der Waals surface area (Å²) >= 11 is 18.1. The number of hydrogen-bond donors (Lipinski definition) is 1. The molecule has 3 nitrogen and oxygen atoms in total. The quantitative estimate of drug-likeness (QED) is 0.732. The standard InChI is InChI=1S/C17H16Cl3FN2O/c1-2-23(9-11-6-7-12(21)8-15(11)20)10-16(24)22-17-13(18)4-3-5-14(17)19/h3-8H,2,9-10H2,1H3,(H,22,24). The fourth-order valence-electron chi connectivity index (χ4n) is 2.17. The molecule has 0 aliphatic heterocycles. The maximum atomic E-state index is 13.1. The van der Waals surface area contributed by atoms with Crippen molar-refractivity contribution in [3.05, 3.63) is 62.8 Å². The predicted octanol–water partition coefficient (Wildman–Crippen LogP) is 5.25. The number of carbonyl (C=O) groups is 1. The summed E-state index contributed by atoms with van der Waals surface area (Å²) in [6.07, 6.45) is 0. The highest BCUT2D eigenvalue weighted by Gasteiger charge is 2.14. The largest absolute Gasteiger partial charge is 0.322 e. The molecule has 0 saturated carbocycles. The van der Waals surface area contributed by atoms with Crippen LogP contribution in [0.5, 0.6) is 0 Å². The van der Waals surface area contributed by atoms with Crippen LogP contribution in [0.3, 0.4) is 0 Å². The Morgan fingerprint density at radius 2 is 1.79 bits per heavy atom. The minimum Gasteiger partial charge on any atom is -0.322 e. The van der Waals surface area contributed by atoms with Gasteiger partial charge in [-0.3, -0.25) is 9.69 Å². The number of likely N-dealkylation sites (N-methyl/N-ethyl adjacent to an activating group) is 1. The van der Waals surface area contributed by atoms with Crippen LogP contribution in [0.1, 0.15) is 12.5 Å². The molecule has 0 aromatic heterocycles. The minimum absolute atomic E-state index is 0.131. The first kappa shape index (κ1) is 19.0. The van der Waals surface area contributed by atoms with Crippen LogP contribution < -0.4 is 5.32 Å². The maximum Gasteiger partial charge on any atom is 0.238 e. The Morgan fingerprint density at radius 3 is 2.38 bits per heavy atom. The SMILES string of the molecule is CCN(CC(=O)Nc1c(Cl)cccc1Cl)Cc1ccc(F)cc1Cl. The molecule has 0 aliphatic carbocycles. The molecule has 1 N–H and O–H groups in total. The third-order valence-corrected chi connectivity index (χ3v) is 4.43. The molecule has 2 rings (SSSR count). The molecule has 0 atom stereocenters. The number of halogens is 4. The van der Waals surface area contributed by atoms with E-state index in [4.69, 9.17) is 34.8 Å². The molecule has 0 radical (unpaired) electrons. The van der Waals surface area contributed by atoms with E-state index in [0.29, 0.717) is 33.8 Å². The van der Waals surface area contributed by atoms with E-state index in [0.717, 1.165) is 5.56 Å². The second kappa shape index (κ2) is 8.67. The van der Waals surface area contributed by atoms with Crippen LogP contribution in [0.4, 0.5) is 10.1 Å². The van der Waals surface area contributed by atoms with Gasteiger partial charge >= 0.3 is 0 Å². The van der Waals surface area contributed by atoms with E-state index >= 15 is 0 Å². The Morgan fingerprint density at radius 1 is 1.12 bits per heavy atom. The fourth-order valence-corrected chi connectivity index (χ4v) is 2.89. The highest BCUT2D eigenvalue weighted by Crippen LogP contribution is 2.29. The topological polar surface area (TPSA) is 32.3 Å². The molecule has 0 unspecified atom stereocenters. The van der Waals surface area contributed by atoms with Gasteiger partial charge < -0.3 is 5.32 Å². The number of hydrogen-bond acceptors (Lipinski definition) is 2. The Bertz CT molecular complexity index is 720. The van der Waals surface area contributed by atoms with Crippen LogP contribution in [-0.2, 0) is 11.3 Å². The summed E-state index contributed by atoms with van der Waals surface area (Å²) in [7, 11) is 0. The van der Waals surface area contributed by atoms with Gasteiger partial charge in [-0.15, -0.1) is 0 Å². The van der Waals surface area contributed by atoms with Crippen molar-refractivity contribution in [2.24, 2.45) is 0 Å². The van der Waals surface area contributed by atoms with E-state index in [-0.39, 0.29) is 12.5 Å². The van der Waals surface area contributed by atoms with Crippen molar-refractivity contribution in [3.8, 4) is 0 Å². The minimum atomic E-state index is -0.391. The average Bonchev–Trinajstić information content (AvgIpc) is 2.53. The summed E-state index contributed by atoms with van der Waals surface area (Å²) in [5, 5.41) is 3.80. The van der Waals surface area contributed by atoms with Gasteiger partial charge in [0, 0.05) is 11.6 Å². The summed E-state index contributed by atoms with van der Waals surface area (Å²) in [5.41, 5.74) is 1.14. The number of carbonyl (C=O) groups excluding carboxylic acids is 1. The summed E-state index contributed by atoms with van der Waals surface area (Å²) in [6.45, 7) is 3.11. The van der Waals surface area contributed by atoms with Crippen molar-refractivity contribution in [3.63, 3.8) is 0 Å². The molecule has 7 heteroatoms. The lowest BCUT2D eigenvalue weighted by Gasteiger charge is -2.21. The lowest BCUT2D eigenvalue weighted by atomic mass is 10.2. The van der Waals surface area contributed by atoms with Gasteiger partial charge in [-0.2, -0.15) is 0 Å². The zero-order valence-electron chi connectivity index (χ0n) is 13.0. The zero-order chi connectivity index (χ0) is 17.7. The Balaban J connectivity index is 2.03. The van der Waals surface area contributed by atoms with Gasteiger partial charge in [-0.1, -0.05) is 53.9 Å². The van der Waals surface area contributed by atoms with Crippen molar-refractivity contribution < 1.29 is 9.18 Å². The summed E-state index contributed by atoms with van der Waals surface area (Å²) in [4.78, 5) is 14.1. The highest BCUT2D eigenvalue weighted by atomic mass is 35.5. The number of para-hydroxylation sites is 1. The third-order valence-electron chi connectivity index (χ3n) is 3.45. The highest BCUT2D eigenvalue weighted by molar-refractivity contribution is 6.39. The normalized spacial score (nSPS) is 10.9. The summed E-state index contributed by atoms with van der Waals surface area (Å²) in [5.74, 6) is -0.636. The molecule has 0 saturated heterocycles. The van der Waals surface area contributed by atoms with E-state index in [1.807, 2.05) is 11.8 Å². The zero-order valence-corrected chi connectivity index (χ0v) is 15.2. The molecule has 0 aliphatic rings. The van der Waals surface area contributed by atoms with Gasteiger partial charge in [0.25, 0.3) is 0 Å². The second-order valence-corrected chi connectivity index (χ2v) is 6.41. The molecule has 0 heterocycles. The number of amides is 1. The van der Waals surface area contributed by atoms with Crippen LogP contribution in [0, 0.1) is 5.82 Å². The smallest absolute Gasteiger partial charge is 0.238 e. The second-order valence-electron chi connectivity index (χ2n) is 5.18. The number of rotatable bonds is 6. The van der Waals surface area contributed by atoms with Gasteiger partial charge in [-0.05, 0) is 36.4 Å². The molecular weight excluding hydrogens is 374 g/mol. The van der Waals surface area contributed by atoms with E-state index in [2.05, 4.69) is 5.32 Å². The van der Waals surface area contributed by atoms with Crippen molar-refractivity contribution in [1.82, 2.24) is 4.90 Å². The van der Waals surface area contributed by atoms with Crippen LogP contribution in [0.2, 0.25) is 15.1 Å². The fraction of sp³-hybridized carbons (Fsp3) is 0.235. The molecule has 0 bridgehead atoms. The van der Waals surface area contributed by atoms with Crippen molar-refractivity contribution in [1.29, 1.82) is 0 Å². The molecule has 0 fully saturated rings. The lowest BCUT2D eigenvalue weighted by Crippen LogP contribution is -2.33. The monoisotopic (exact) mass is 388 g/mol. The van der Waals surface area contributed by atoms with Crippen LogP contribution in [-0.4, -0.2) is 23.9 Å². The third kappa shape index (κ3) is 5.08. The lowest BCUT2D eigenvalue weighted by molar-refractivity contribution is -0.117. The van der Waals surface area contributed by atoms with Crippen LogP contribution >= 0.6 is 34.8 Å². The van der Waals surface area contributed by atoms with Crippen LogP contribution in [0.25, 0.3) is 0 Å². The van der Waals surface area contributed by atoms with Gasteiger partial charge in [-0.25, -0.2) is 4.39 Å². The first-order valence-corrected chi connectivity index (χ1v) is 8.44. The Hall–Kier alpha value is -1.33. The van der Waals surface area contributed by atoms with E-state index in [1.54, 1.807) is 24.3 Å². The van der Waals surface area contributed by atoms with Gasteiger partial charge in [0.15, 0.2) is 0 Å². The van der Waals surface area contributed by atoms with Gasteiger partial charge in [0.2, 0.25) is 5.91 Å². The maximum absolute atomic E-state index is 13.1. The average molecular weight is 390 g/mol. The van der Waals surface area contributed by atoms with E-state index in [1.165, 1.54) is 12.1 Å². The van der Waals surface area contributed by atoms with Crippen molar-refractivity contribution >= 4 is 46.4 Å². The summed E-state index contributed by atoms with van der Waals surface area (Å²) in [6, 6.07) is 9.23. The van der Waals surface area contributed by atoms with Crippen molar-refractivity contribution in [2.75, 3.05) is 18.4 Å². The van der Waals surface area contributed by atoms with Crippen molar-refractivity contribution in [2.45, 2.75) is 13.5 Å². The number of benzene rings is 2. The summed E-state index contributed by atoms with van der Waals surface area (Å²) < 4.78 is 13.1. The van der Waals surface area contributed by atoms with Gasteiger partial charge in [0.1, 0.15) is 5.82 Å². The molecule has 1 amide bonds. The van der Waals surface area contributed by atoms with Gasteiger partial charge in [0.05, 0.1) is 22.3 Å². The van der Waals surface area contributed by atoms with E-state index < -0.39 is 5.82 Å². The molecular formula is C17H16Cl3FN2O. The molecule has 24 heavy (non-hydrogen) atoms. The molecule has 2 aromatic carbocycles. The molecule has 128 valence electrons. The number of nitrogens with zero attached hydrogens (tertiary/aromatic N) is 1. The van der Waals surface area contributed by atoms with Crippen LogP contribution in [0.15, 0.2) is 36.4 Å². The van der Waals surface area contributed by atoms with E-state index in [9.17, 15) is 9.18 Å². The first-order valence-electron chi connectivity index (χ1n) is 7.31. The Kier molecular flexibility index (Phi) is 6.87. The Labute approximate surface area is 155 Å². The molecule has 2 aromatic rings. The first-order chi connectivity index (χ1) is 11.4. The number of anilines is 1. The number of nitrogens with one attached hydrogen (secondary N) is 1. The molecule has 0 spiro atoms. The predicted molar refractivity (Wildman–Crippen MR) is 97.5 cm³/mol.